The Balaban J connectivity index is 2.25. The van der Waals surface area contributed by atoms with Crippen molar-refractivity contribution in [1.29, 1.82) is 0 Å². The fourth-order valence-electron chi connectivity index (χ4n) is 3.56. The van der Waals surface area contributed by atoms with Crippen molar-refractivity contribution in [2.75, 3.05) is 6.26 Å². The summed E-state index contributed by atoms with van der Waals surface area (Å²) >= 11 is 0. The van der Waals surface area contributed by atoms with E-state index < -0.39 is 20.2 Å². The minimum Gasteiger partial charge on any atom is -0.386 e. The SMILES string of the molecule is C/C(=C\C(=C/[NH2+]O)c1cccc(-c2cc(C(C)(C)S(C)(=O)=O)cc3cccnc23)c1)C(C)(C)O. The zero-order valence-corrected chi connectivity index (χ0v) is 21.3. The third kappa shape index (κ3) is 5.28. The van der Waals surface area contributed by atoms with Crippen LogP contribution in [0, 0.1) is 0 Å². The molecule has 0 amide bonds. The molecule has 3 aromatic rings. The summed E-state index contributed by atoms with van der Waals surface area (Å²) in [4.78, 5) is 4.58. The van der Waals surface area contributed by atoms with E-state index in [9.17, 15) is 18.7 Å². The summed E-state index contributed by atoms with van der Waals surface area (Å²) in [5, 5.41) is 20.7. The van der Waals surface area contributed by atoms with E-state index in [0.29, 0.717) is 5.56 Å². The van der Waals surface area contributed by atoms with Crippen LogP contribution in [-0.2, 0) is 14.6 Å². The Kier molecular flexibility index (Phi) is 7.15. The summed E-state index contributed by atoms with van der Waals surface area (Å²) in [6.07, 6.45) is 6.39. The molecule has 7 heteroatoms. The van der Waals surface area contributed by atoms with Crippen molar-refractivity contribution in [2.24, 2.45) is 0 Å². The van der Waals surface area contributed by atoms with Gasteiger partial charge in [0, 0.05) is 29.0 Å². The number of rotatable bonds is 7. The molecule has 0 radical (unpaired) electrons. The monoisotopic (exact) mass is 481 g/mol. The van der Waals surface area contributed by atoms with E-state index in [-0.39, 0.29) is 0 Å². The Bertz CT molecular complexity index is 1380. The van der Waals surface area contributed by atoms with Gasteiger partial charge in [-0.1, -0.05) is 24.3 Å². The maximum Gasteiger partial charge on any atom is 0.156 e. The topological polar surface area (TPSA) is 104 Å². The van der Waals surface area contributed by atoms with Gasteiger partial charge in [-0.15, -0.1) is 0 Å². The van der Waals surface area contributed by atoms with Gasteiger partial charge in [0.05, 0.1) is 15.9 Å². The van der Waals surface area contributed by atoms with Gasteiger partial charge in [0.25, 0.3) is 0 Å². The smallest absolute Gasteiger partial charge is 0.156 e. The lowest BCUT2D eigenvalue weighted by Crippen LogP contribution is -2.73. The predicted octanol–water partition coefficient (Wildman–Crippen LogP) is 4.19. The summed E-state index contributed by atoms with van der Waals surface area (Å²) in [7, 11) is -3.37. The Labute approximate surface area is 201 Å². The second-order valence-corrected chi connectivity index (χ2v) is 12.2. The highest BCUT2D eigenvalue weighted by atomic mass is 32.2. The molecular weight excluding hydrogens is 448 g/mol. The number of sulfone groups is 1. The van der Waals surface area contributed by atoms with Gasteiger partial charge >= 0.3 is 0 Å². The molecule has 3 rings (SSSR count). The van der Waals surface area contributed by atoms with Gasteiger partial charge in [0.15, 0.2) is 9.84 Å². The maximum absolute atomic E-state index is 12.6. The van der Waals surface area contributed by atoms with Crippen LogP contribution in [0.2, 0.25) is 0 Å². The van der Waals surface area contributed by atoms with Gasteiger partial charge in [0.1, 0.15) is 6.20 Å². The number of hydrogen-bond acceptors (Lipinski definition) is 5. The van der Waals surface area contributed by atoms with Gasteiger partial charge in [-0.25, -0.2) is 13.6 Å². The molecule has 34 heavy (non-hydrogen) atoms. The number of benzene rings is 2. The predicted molar refractivity (Wildman–Crippen MR) is 137 cm³/mol. The minimum atomic E-state index is -3.37. The Morgan fingerprint density at radius 2 is 1.76 bits per heavy atom. The average Bonchev–Trinajstić information content (AvgIpc) is 2.76. The molecule has 0 unspecified atom stereocenters. The third-order valence-corrected chi connectivity index (χ3v) is 8.51. The molecule has 0 saturated heterocycles. The highest BCUT2D eigenvalue weighted by Crippen LogP contribution is 2.37. The van der Waals surface area contributed by atoms with Crippen molar-refractivity contribution in [3.8, 4) is 11.1 Å². The molecule has 0 bridgehead atoms. The molecule has 4 N–H and O–H groups in total. The minimum absolute atomic E-state index is 0.688. The third-order valence-electron chi connectivity index (χ3n) is 6.43. The van der Waals surface area contributed by atoms with E-state index in [0.717, 1.165) is 44.2 Å². The second kappa shape index (κ2) is 9.43. The normalized spacial score (nSPS) is 14.0. The van der Waals surface area contributed by atoms with Crippen LogP contribution >= 0.6 is 0 Å². The first-order valence-corrected chi connectivity index (χ1v) is 12.9. The number of allylic oxidation sites excluding steroid dienone is 2. The molecule has 1 heterocycles. The molecule has 0 atom stereocenters. The first-order valence-electron chi connectivity index (χ1n) is 11.0. The lowest BCUT2D eigenvalue weighted by Gasteiger charge is -2.24. The number of aromatic nitrogens is 1. The average molecular weight is 482 g/mol. The van der Waals surface area contributed by atoms with Crippen molar-refractivity contribution >= 4 is 26.3 Å². The van der Waals surface area contributed by atoms with Crippen LogP contribution in [-0.4, -0.2) is 35.6 Å². The molecule has 0 spiro atoms. The molecule has 0 fully saturated rings. The van der Waals surface area contributed by atoms with Gasteiger partial charge < -0.3 is 5.11 Å². The molecule has 0 aliphatic heterocycles. The van der Waals surface area contributed by atoms with Crippen LogP contribution in [0.15, 0.2) is 72.6 Å². The lowest BCUT2D eigenvalue weighted by molar-refractivity contribution is -0.837. The number of nitrogens with two attached hydrogens (primary N) is 1. The van der Waals surface area contributed by atoms with Crippen LogP contribution in [0.3, 0.4) is 0 Å². The summed E-state index contributed by atoms with van der Waals surface area (Å²) in [5.41, 5.74) is 5.43. The number of pyridine rings is 1. The highest BCUT2D eigenvalue weighted by Gasteiger charge is 2.33. The number of quaternary nitrogens is 1. The quantitative estimate of drug-likeness (QED) is 0.347. The van der Waals surface area contributed by atoms with E-state index in [2.05, 4.69) is 4.98 Å². The van der Waals surface area contributed by atoms with Crippen molar-refractivity contribution in [3.63, 3.8) is 0 Å². The van der Waals surface area contributed by atoms with Crippen molar-refractivity contribution < 1.29 is 24.2 Å². The molecule has 180 valence electrons. The van der Waals surface area contributed by atoms with E-state index in [1.807, 2.05) is 61.5 Å². The van der Waals surface area contributed by atoms with Crippen molar-refractivity contribution in [2.45, 2.75) is 45.0 Å². The van der Waals surface area contributed by atoms with Gasteiger partial charge in [0.2, 0.25) is 0 Å². The lowest BCUT2D eigenvalue weighted by atomic mass is 9.91. The van der Waals surface area contributed by atoms with Crippen molar-refractivity contribution in [3.05, 3.63) is 83.7 Å². The summed E-state index contributed by atoms with van der Waals surface area (Å²) < 4.78 is 24.0. The fourth-order valence-corrected chi connectivity index (χ4v) is 4.10. The maximum atomic E-state index is 12.6. The van der Waals surface area contributed by atoms with Gasteiger partial charge in [-0.2, -0.15) is 5.48 Å². The molecule has 0 aliphatic carbocycles. The molecule has 2 aromatic carbocycles. The van der Waals surface area contributed by atoms with Crippen molar-refractivity contribution in [1.82, 2.24) is 4.98 Å². The largest absolute Gasteiger partial charge is 0.386 e. The van der Waals surface area contributed by atoms with Crippen LogP contribution in [0.1, 0.15) is 45.7 Å². The molecule has 0 aliphatic rings. The summed E-state index contributed by atoms with van der Waals surface area (Å²) in [6.45, 7) is 8.68. The first kappa shape index (κ1) is 25.8. The Morgan fingerprint density at radius 3 is 2.38 bits per heavy atom. The number of nitrogens with zero attached hydrogens (tertiary/aromatic N) is 1. The summed E-state index contributed by atoms with van der Waals surface area (Å²) in [5.74, 6) is 0. The first-order chi connectivity index (χ1) is 15.8. The zero-order valence-electron chi connectivity index (χ0n) is 20.5. The van der Waals surface area contributed by atoms with Crippen LogP contribution in [0.25, 0.3) is 27.6 Å². The van der Waals surface area contributed by atoms with E-state index in [4.69, 9.17) is 0 Å². The molecule has 1 aromatic heterocycles. The van der Waals surface area contributed by atoms with E-state index >= 15 is 0 Å². The highest BCUT2D eigenvalue weighted by molar-refractivity contribution is 7.91. The van der Waals surface area contributed by atoms with Crippen LogP contribution in [0.4, 0.5) is 0 Å². The van der Waals surface area contributed by atoms with Gasteiger partial charge in [-0.3, -0.25) is 4.98 Å². The molecular formula is C27H33N2O4S+. The van der Waals surface area contributed by atoms with Crippen LogP contribution < -0.4 is 5.48 Å². The Hall–Kier alpha value is -2.84. The van der Waals surface area contributed by atoms with Gasteiger partial charge in [-0.05, 0) is 87.2 Å². The zero-order chi connectivity index (χ0) is 25.3. The summed E-state index contributed by atoms with van der Waals surface area (Å²) in [6, 6.07) is 15.3. The number of hydrogen-bond donors (Lipinski definition) is 3. The van der Waals surface area contributed by atoms with E-state index in [1.54, 1.807) is 40.1 Å². The number of hydroxylamine groups is 1. The Morgan fingerprint density at radius 1 is 1.06 bits per heavy atom. The molecule has 0 saturated carbocycles. The van der Waals surface area contributed by atoms with Crippen LogP contribution in [0.5, 0.6) is 0 Å². The number of aliphatic hydroxyl groups is 1. The fraction of sp³-hybridized carbons (Fsp3) is 0.296. The standard InChI is InChI=1S/C27H32N2O4S/c1-18(26(2,3)30)13-22(17-29-31)19-9-7-10-20(14-19)24-16-23(27(4,5)34(6,32)33)15-21-11-8-12-28-25(21)24/h7-17,29-31H,1-6H3/p+1/b18-13+,22-17+. The number of fused-ring (bicyclic) bond motifs is 1. The second-order valence-electron chi connectivity index (χ2n) is 9.62. The van der Waals surface area contributed by atoms with E-state index in [1.165, 1.54) is 6.26 Å². The molecule has 6 nitrogen and oxygen atoms in total.